The van der Waals surface area contributed by atoms with Gasteiger partial charge in [0.05, 0.1) is 18.4 Å². The molecule has 1 aliphatic carbocycles. The molecule has 1 saturated carbocycles. The molecule has 0 spiro atoms. The van der Waals surface area contributed by atoms with Crippen LogP contribution in [0.15, 0.2) is 33.4 Å². The molecule has 0 aliphatic heterocycles. The molecule has 0 unspecified atom stereocenters. The van der Waals surface area contributed by atoms with E-state index in [1.165, 1.54) is 12.8 Å². The molecule has 0 radical (unpaired) electrons. The third-order valence-electron chi connectivity index (χ3n) is 3.00. The summed E-state index contributed by atoms with van der Waals surface area (Å²) in [5.41, 5.74) is 7.43. The van der Waals surface area contributed by atoms with Crippen molar-refractivity contribution in [3.8, 4) is 16.9 Å². The van der Waals surface area contributed by atoms with Gasteiger partial charge in [0.1, 0.15) is 5.75 Å². The summed E-state index contributed by atoms with van der Waals surface area (Å²) in [6.07, 6.45) is 4.14. The maximum Gasteiger partial charge on any atom is 0.230 e. The first kappa shape index (κ1) is 11.6. The van der Waals surface area contributed by atoms with Crippen LogP contribution in [0, 0.1) is 5.92 Å². The molecule has 2 aromatic rings. The predicted octanol–water partition coefficient (Wildman–Crippen LogP) is 3.48. The topological polar surface area (TPSA) is 61.3 Å². The molecule has 0 atom stereocenters. The van der Waals surface area contributed by atoms with Gasteiger partial charge in [-0.2, -0.15) is 0 Å². The minimum atomic E-state index is 0.310. The Morgan fingerprint density at radius 3 is 2.89 bits per heavy atom. The number of nitrogen functional groups attached to an aromatic ring is 1. The van der Waals surface area contributed by atoms with E-state index in [2.05, 4.69) is 21.1 Å². The number of benzene rings is 1. The number of rotatable bonds is 4. The number of ether oxygens (including phenoxy) is 1. The van der Waals surface area contributed by atoms with Crippen molar-refractivity contribution in [2.24, 2.45) is 5.92 Å². The maximum absolute atomic E-state index is 5.85. The summed E-state index contributed by atoms with van der Waals surface area (Å²) in [6.45, 7) is 0.764. The van der Waals surface area contributed by atoms with Crippen LogP contribution in [0.3, 0.4) is 0 Å². The summed E-state index contributed by atoms with van der Waals surface area (Å²) in [5.74, 6) is 1.84. The van der Waals surface area contributed by atoms with Gasteiger partial charge in [0.2, 0.25) is 5.88 Å². The second-order valence-electron chi connectivity index (χ2n) is 4.50. The first-order valence-corrected chi connectivity index (χ1v) is 6.66. The largest absolute Gasteiger partial charge is 0.493 e. The summed E-state index contributed by atoms with van der Waals surface area (Å²) in [7, 11) is 0. The molecule has 4 nitrogen and oxygen atoms in total. The molecule has 3 rings (SSSR count). The Morgan fingerprint density at radius 2 is 2.22 bits per heavy atom. The first-order chi connectivity index (χ1) is 8.74. The molecule has 1 aliphatic rings. The van der Waals surface area contributed by atoms with Crippen molar-refractivity contribution in [2.75, 3.05) is 12.3 Å². The Balaban J connectivity index is 1.94. The van der Waals surface area contributed by atoms with Gasteiger partial charge in [-0.1, -0.05) is 21.1 Å². The highest BCUT2D eigenvalue weighted by Crippen LogP contribution is 2.37. The summed E-state index contributed by atoms with van der Waals surface area (Å²) in [6, 6.07) is 5.86. The molecule has 1 heterocycles. The minimum Gasteiger partial charge on any atom is -0.493 e. The van der Waals surface area contributed by atoms with E-state index in [0.717, 1.165) is 28.0 Å². The third-order valence-corrected chi connectivity index (χ3v) is 3.49. The lowest BCUT2D eigenvalue weighted by Crippen LogP contribution is -2.00. The number of hydrogen-bond acceptors (Lipinski definition) is 4. The Labute approximate surface area is 113 Å². The molecule has 5 heteroatoms. The van der Waals surface area contributed by atoms with Crippen molar-refractivity contribution < 1.29 is 9.26 Å². The van der Waals surface area contributed by atoms with Crippen molar-refractivity contribution in [1.29, 1.82) is 0 Å². The fourth-order valence-corrected chi connectivity index (χ4v) is 2.14. The average Bonchev–Trinajstić information content (AvgIpc) is 3.09. The summed E-state index contributed by atoms with van der Waals surface area (Å²) in [4.78, 5) is 0. The Kier molecular flexibility index (Phi) is 2.99. The summed E-state index contributed by atoms with van der Waals surface area (Å²) in [5, 5.41) is 3.71. The summed E-state index contributed by atoms with van der Waals surface area (Å²) >= 11 is 3.45. The van der Waals surface area contributed by atoms with Gasteiger partial charge in [-0.05, 0) is 37.0 Å². The zero-order chi connectivity index (χ0) is 12.5. The molecule has 94 valence electrons. The van der Waals surface area contributed by atoms with Gasteiger partial charge in [-0.3, -0.25) is 0 Å². The van der Waals surface area contributed by atoms with E-state index in [1.54, 1.807) is 6.20 Å². The smallest absolute Gasteiger partial charge is 0.230 e. The fourth-order valence-electron chi connectivity index (χ4n) is 1.78. The second kappa shape index (κ2) is 4.65. The maximum atomic E-state index is 5.85. The van der Waals surface area contributed by atoms with Crippen LogP contribution in [0.4, 0.5) is 5.88 Å². The fraction of sp³-hybridized carbons (Fsp3) is 0.308. The number of nitrogens with two attached hydrogens (primary N) is 1. The monoisotopic (exact) mass is 308 g/mol. The highest BCUT2D eigenvalue weighted by atomic mass is 79.9. The van der Waals surface area contributed by atoms with Gasteiger partial charge in [0.25, 0.3) is 0 Å². The Hall–Kier alpha value is -1.49. The highest BCUT2D eigenvalue weighted by molar-refractivity contribution is 9.10. The number of halogens is 1. The molecule has 0 saturated heterocycles. The van der Waals surface area contributed by atoms with Gasteiger partial charge >= 0.3 is 0 Å². The molecule has 0 bridgehead atoms. The Morgan fingerprint density at radius 1 is 1.39 bits per heavy atom. The van der Waals surface area contributed by atoms with Crippen molar-refractivity contribution in [3.05, 3.63) is 28.9 Å². The quantitative estimate of drug-likeness (QED) is 0.939. The van der Waals surface area contributed by atoms with E-state index in [4.69, 9.17) is 15.0 Å². The van der Waals surface area contributed by atoms with Crippen molar-refractivity contribution >= 4 is 21.8 Å². The predicted molar refractivity (Wildman–Crippen MR) is 72.3 cm³/mol. The zero-order valence-electron chi connectivity index (χ0n) is 9.73. The van der Waals surface area contributed by atoms with E-state index in [1.807, 2.05) is 18.2 Å². The van der Waals surface area contributed by atoms with Gasteiger partial charge in [0.15, 0.2) is 0 Å². The molecule has 1 aromatic heterocycles. The average molecular weight is 309 g/mol. The van der Waals surface area contributed by atoms with Crippen molar-refractivity contribution in [2.45, 2.75) is 12.8 Å². The van der Waals surface area contributed by atoms with E-state index in [9.17, 15) is 0 Å². The molecular formula is C13H13BrN2O2. The van der Waals surface area contributed by atoms with Gasteiger partial charge in [0, 0.05) is 10.0 Å². The lowest BCUT2D eigenvalue weighted by Gasteiger charge is -2.10. The number of anilines is 1. The zero-order valence-corrected chi connectivity index (χ0v) is 11.3. The first-order valence-electron chi connectivity index (χ1n) is 5.87. The standard InChI is InChI=1S/C13H13BrN2O2/c14-9-3-4-12(17-7-8-1-2-8)10(5-9)11-6-16-18-13(11)15/h3-6,8H,1-2,7,15H2. The second-order valence-corrected chi connectivity index (χ2v) is 5.41. The molecule has 1 fully saturated rings. The SMILES string of the molecule is Nc1oncc1-c1cc(Br)ccc1OCC1CC1. The van der Waals surface area contributed by atoms with Crippen molar-refractivity contribution in [1.82, 2.24) is 5.16 Å². The van der Waals surface area contributed by atoms with Crippen LogP contribution in [0.2, 0.25) is 0 Å². The van der Waals surface area contributed by atoms with Crippen LogP contribution < -0.4 is 10.5 Å². The van der Waals surface area contributed by atoms with Gasteiger partial charge in [-0.15, -0.1) is 0 Å². The molecule has 18 heavy (non-hydrogen) atoms. The van der Waals surface area contributed by atoms with Crippen molar-refractivity contribution in [3.63, 3.8) is 0 Å². The molecular weight excluding hydrogens is 296 g/mol. The van der Waals surface area contributed by atoms with E-state index >= 15 is 0 Å². The van der Waals surface area contributed by atoms with Crippen LogP contribution in [0.1, 0.15) is 12.8 Å². The highest BCUT2D eigenvalue weighted by Gasteiger charge is 2.23. The van der Waals surface area contributed by atoms with Crippen LogP contribution in [0.5, 0.6) is 5.75 Å². The Bertz CT molecular complexity index is 564. The number of nitrogens with zero attached hydrogens (tertiary/aromatic N) is 1. The molecule has 2 N–H and O–H groups in total. The van der Waals surface area contributed by atoms with E-state index < -0.39 is 0 Å². The van der Waals surface area contributed by atoms with Gasteiger partial charge in [-0.25, -0.2) is 0 Å². The van der Waals surface area contributed by atoms with Crippen LogP contribution in [0.25, 0.3) is 11.1 Å². The van der Waals surface area contributed by atoms with Gasteiger partial charge < -0.3 is 15.0 Å². The number of aromatic nitrogens is 1. The lowest BCUT2D eigenvalue weighted by molar-refractivity contribution is 0.301. The third kappa shape index (κ3) is 2.36. The molecule has 1 aromatic carbocycles. The van der Waals surface area contributed by atoms with E-state index in [-0.39, 0.29) is 0 Å². The minimum absolute atomic E-state index is 0.310. The van der Waals surface area contributed by atoms with Crippen LogP contribution in [-0.2, 0) is 0 Å². The number of hydrogen-bond donors (Lipinski definition) is 1. The van der Waals surface area contributed by atoms with E-state index in [0.29, 0.717) is 11.8 Å². The van der Waals surface area contributed by atoms with Crippen LogP contribution in [-0.4, -0.2) is 11.8 Å². The van der Waals surface area contributed by atoms with Crippen LogP contribution >= 0.6 is 15.9 Å². The normalized spacial score (nSPS) is 14.7. The summed E-state index contributed by atoms with van der Waals surface area (Å²) < 4.78 is 11.7. The molecule has 0 amide bonds. The lowest BCUT2D eigenvalue weighted by atomic mass is 10.1.